The number of rotatable bonds is 0. The fourth-order valence-corrected chi connectivity index (χ4v) is 3.70. The molecule has 0 aromatic carbocycles. The van der Waals surface area contributed by atoms with Gasteiger partial charge in [0.2, 0.25) is 0 Å². The van der Waals surface area contributed by atoms with Crippen LogP contribution in [0.25, 0.3) is 0 Å². The SMILES string of the molecule is CC1=CC(=O)[C@@H]2[C@@H]3C=C[C@@H](C3)[C@]2(C)C1=O. The molecule has 0 amide bonds. The maximum atomic E-state index is 12.2. The van der Waals surface area contributed by atoms with Crippen molar-refractivity contribution in [3.05, 3.63) is 23.8 Å². The summed E-state index contributed by atoms with van der Waals surface area (Å²) >= 11 is 0. The van der Waals surface area contributed by atoms with Gasteiger partial charge in [0.1, 0.15) is 0 Å². The zero-order valence-corrected chi connectivity index (χ0v) is 8.99. The van der Waals surface area contributed by atoms with Gasteiger partial charge in [0.15, 0.2) is 11.6 Å². The molecule has 3 aliphatic carbocycles. The maximum Gasteiger partial charge on any atom is 0.165 e. The lowest BCUT2D eigenvalue weighted by molar-refractivity contribution is -0.136. The third kappa shape index (κ3) is 0.858. The first-order valence-corrected chi connectivity index (χ1v) is 5.50. The minimum Gasteiger partial charge on any atom is -0.294 e. The van der Waals surface area contributed by atoms with Gasteiger partial charge in [-0.25, -0.2) is 0 Å². The van der Waals surface area contributed by atoms with E-state index in [-0.39, 0.29) is 23.4 Å². The summed E-state index contributed by atoms with van der Waals surface area (Å²) in [4.78, 5) is 24.2. The lowest BCUT2D eigenvalue weighted by Crippen LogP contribution is -2.46. The van der Waals surface area contributed by atoms with E-state index in [4.69, 9.17) is 0 Å². The van der Waals surface area contributed by atoms with E-state index in [1.165, 1.54) is 0 Å². The molecule has 0 aromatic heterocycles. The average Bonchev–Trinajstić information content (AvgIpc) is 2.73. The molecule has 2 nitrogen and oxygen atoms in total. The minimum atomic E-state index is -0.435. The van der Waals surface area contributed by atoms with Gasteiger partial charge in [0, 0.05) is 11.3 Å². The molecule has 0 radical (unpaired) electrons. The van der Waals surface area contributed by atoms with Gasteiger partial charge in [0.25, 0.3) is 0 Å². The zero-order chi connectivity index (χ0) is 10.8. The molecule has 0 unspecified atom stereocenters. The molecule has 1 fully saturated rings. The summed E-state index contributed by atoms with van der Waals surface area (Å²) in [6.07, 6.45) is 6.78. The second-order valence-electron chi connectivity index (χ2n) is 5.21. The van der Waals surface area contributed by atoms with Gasteiger partial charge < -0.3 is 0 Å². The highest BCUT2D eigenvalue weighted by Gasteiger charge is 2.60. The van der Waals surface area contributed by atoms with E-state index in [9.17, 15) is 9.59 Å². The van der Waals surface area contributed by atoms with Crippen molar-refractivity contribution in [3.8, 4) is 0 Å². The fraction of sp³-hybridized carbons (Fsp3) is 0.538. The summed E-state index contributed by atoms with van der Waals surface area (Å²) in [5.41, 5.74) is 0.203. The standard InChI is InChI=1S/C13H14O2/c1-7-5-10(14)11-8-3-4-9(6-8)13(11,2)12(7)15/h3-5,8-9,11H,6H2,1-2H3/t8-,9+,11+,13+/m1/s1. The minimum absolute atomic E-state index is 0.0799. The van der Waals surface area contributed by atoms with Gasteiger partial charge in [-0.05, 0) is 36.8 Å². The molecule has 3 aliphatic rings. The Bertz CT molecular complexity index is 430. The topological polar surface area (TPSA) is 34.1 Å². The summed E-state index contributed by atoms with van der Waals surface area (Å²) < 4.78 is 0. The van der Waals surface area contributed by atoms with E-state index in [0.717, 1.165) is 6.42 Å². The van der Waals surface area contributed by atoms with Crippen LogP contribution in [0.3, 0.4) is 0 Å². The normalized spacial score (nSPS) is 47.1. The molecule has 0 saturated heterocycles. The number of carbonyl (C=O) groups excluding carboxylic acids is 2. The van der Waals surface area contributed by atoms with E-state index < -0.39 is 5.41 Å². The van der Waals surface area contributed by atoms with Crippen molar-refractivity contribution < 1.29 is 9.59 Å². The third-order valence-corrected chi connectivity index (χ3v) is 4.47. The van der Waals surface area contributed by atoms with Crippen LogP contribution in [0, 0.1) is 23.2 Å². The number of ketones is 2. The van der Waals surface area contributed by atoms with Gasteiger partial charge in [-0.3, -0.25) is 9.59 Å². The molecule has 2 bridgehead atoms. The predicted octanol–water partition coefficient (Wildman–Crippen LogP) is 1.91. The molecule has 15 heavy (non-hydrogen) atoms. The van der Waals surface area contributed by atoms with Crippen LogP contribution in [0.1, 0.15) is 20.3 Å². The molecule has 0 aliphatic heterocycles. The molecular formula is C13H14O2. The van der Waals surface area contributed by atoms with Gasteiger partial charge in [-0.2, -0.15) is 0 Å². The Morgan fingerprint density at radius 3 is 2.80 bits per heavy atom. The molecule has 0 spiro atoms. The molecule has 3 rings (SSSR count). The average molecular weight is 202 g/mol. The highest BCUT2D eigenvalue weighted by Crippen LogP contribution is 2.58. The highest BCUT2D eigenvalue weighted by molar-refractivity contribution is 6.13. The van der Waals surface area contributed by atoms with Crippen molar-refractivity contribution in [1.82, 2.24) is 0 Å². The van der Waals surface area contributed by atoms with Crippen LogP contribution in [0.15, 0.2) is 23.8 Å². The van der Waals surface area contributed by atoms with E-state index in [1.54, 1.807) is 13.0 Å². The van der Waals surface area contributed by atoms with Crippen molar-refractivity contribution in [2.24, 2.45) is 23.2 Å². The number of fused-ring (bicyclic) bond motifs is 5. The quantitative estimate of drug-likeness (QED) is 0.562. The number of carbonyl (C=O) groups is 2. The maximum absolute atomic E-state index is 12.2. The lowest BCUT2D eigenvalue weighted by Gasteiger charge is -2.39. The predicted molar refractivity (Wildman–Crippen MR) is 56.1 cm³/mol. The van der Waals surface area contributed by atoms with Crippen LogP contribution in [-0.2, 0) is 9.59 Å². The van der Waals surface area contributed by atoms with Crippen molar-refractivity contribution in [2.45, 2.75) is 20.3 Å². The Morgan fingerprint density at radius 1 is 1.33 bits per heavy atom. The molecule has 78 valence electrons. The Hall–Kier alpha value is -1.18. The zero-order valence-electron chi connectivity index (χ0n) is 8.99. The highest BCUT2D eigenvalue weighted by atomic mass is 16.1. The lowest BCUT2D eigenvalue weighted by atomic mass is 9.61. The molecule has 0 N–H and O–H groups in total. The van der Waals surface area contributed by atoms with Gasteiger partial charge in [0.05, 0.1) is 0 Å². The van der Waals surface area contributed by atoms with Crippen molar-refractivity contribution in [1.29, 1.82) is 0 Å². The summed E-state index contributed by atoms with van der Waals surface area (Å²) in [7, 11) is 0. The Balaban J connectivity index is 2.19. The number of Topliss-reactive ketones (excluding diaryl/α,β-unsaturated/α-hetero) is 1. The summed E-state index contributed by atoms with van der Waals surface area (Å²) in [5.74, 6) is 0.854. The van der Waals surface area contributed by atoms with E-state index in [2.05, 4.69) is 12.2 Å². The van der Waals surface area contributed by atoms with Crippen LogP contribution >= 0.6 is 0 Å². The summed E-state index contributed by atoms with van der Waals surface area (Å²) in [6, 6.07) is 0. The van der Waals surface area contributed by atoms with Crippen LogP contribution < -0.4 is 0 Å². The van der Waals surface area contributed by atoms with Gasteiger partial charge >= 0.3 is 0 Å². The molecule has 0 heterocycles. The van der Waals surface area contributed by atoms with Crippen LogP contribution in [0.5, 0.6) is 0 Å². The Morgan fingerprint density at radius 2 is 2.07 bits per heavy atom. The van der Waals surface area contributed by atoms with E-state index >= 15 is 0 Å². The van der Waals surface area contributed by atoms with Crippen molar-refractivity contribution in [2.75, 3.05) is 0 Å². The van der Waals surface area contributed by atoms with Crippen LogP contribution in [0.4, 0.5) is 0 Å². The van der Waals surface area contributed by atoms with Crippen LogP contribution in [0.2, 0.25) is 0 Å². The number of hydrogen-bond acceptors (Lipinski definition) is 2. The number of hydrogen-bond donors (Lipinski definition) is 0. The third-order valence-electron chi connectivity index (χ3n) is 4.47. The second-order valence-corrected chi connectivity index (χ2v) is 5.21. The van der Waals surface area contributed by atoms with E-state index in [1.807, 2.05) is 6.92 Å². The molecule has 2 heteroatoms. The largest absolute Gasteiger partial charge is 0.294 e. The number of allylic oxidation sites excluding steroid dienone is 4. The smallest absolute Gasteiger partial charge is 0.165 e. The monoisotopic (exact) mass is 202 g/mol. The Kier molecular flexibility index (Phi) is 1.51. The van der Waals surface area contributed by atoms with Gasteiger partial charge in [-0.15, -0.1) is 0 Å². The summed E-state index contributed by atoms with van der Waals surface area (Å²) in [5, 5.41) is 0. The Labute approximate surface area is 89.0 Å². The van der Waals surface area contributed by atoms with Crippen molar-refractivity contribution in [3.63, 3.8) is 0 Å². The molecular weight excluding hydrogens is 188 g/mol. The fourth-order valence-electron chi connectivity index (χ4n) is 3.70. The van der Waals surface area contributed by atoms with Crippen LogP contribution in [-0.4, -0.2) is 11.6 Å². The molecule has 1 saturated carbocycles. The van der Waals surface area contributed by atoms with Gasteiger partial charge in [-0.1, -0.05) is 19.1 Å². The van der Waals surface area contributed by atoms with E-state index in [0.29, 0.717) is 11.5 Å². The molecule has 4 atom stereocenters. The second kappa shape index (κ2) is 2.49. The first-order valence-electron chi connectivity index (χ1n) is 5.50. The summed E-state index contributed by atoms with van der Waals surface area (Å²) in [6.45, 7) is 3.74. The first kappa shape index (κ1) is 9.08. The van der Waals surface area contributed by atoms with Crippen molar-refractivity contribution >= 4 is 11.6 Å². The molecule has 0 aromatic rings. The first-order chi connectivity index (χ1) is 7.05.